The summed E-state index contributed by atoms with van der Waals surface area (Å²) < 4.78 is 37.9. The molecule has 1 aliphatic rings. The molecule has 29 heavy (non-hydrogen) atoms. The summed E-state index contributed by atoms with van der Waals surface area (Å²) in [5, 5.41) is 0. The number of rotatable bonds is 8. The van der Waals surface area contributed by atoms with Crippen molar-refractivity contribution in [1.29, 1.82) is 0 Å². The third-order valence-corrected chi connectivity index (χ3v) is 4.96. The second kappa shape index (κ2) is 10.1. The fraction of sp³-hybridized carbons (Fsp3) is 0.900. The molecule has 2 atom stereocenters. The second-order valence-corrected chi connectivity index (χ2v) is 11.3. The SMILES string of the molecule is CC(C)(C)OC(=O)[C@@H](CCCCOS(C)(=O)=O)[C@H]1CCN(C(=O)OC(C)(C)C)C1. The molecule has 1 fully saturated rings. The average molecular weight is 436 g/mol. The van der Waals surface area contributed by atoms with Crippen LogP contribution in [0.5, 0.6) is 0 Å². The largest absolute Gasteiger partial charge is 0.460 e. The normalized spacial score (nSPS) is 19.1. The van der Waals surface area contributed by atoms with Crippen molar-refractivity contribution in [2.24, 2.45) is 11.8 Å². The molecule has 0 unspecified atom stereocenters. The van der Waals surface area contributed by atoms with Crippen LogP contribution in [-0.4, -0.2) is 62.5 Å². The Morgan fingerprint density at radius 3 is 2.14 bits per heavy atom. The van der Waals surface area contributed by atoms with E-state index in [1.54, 1.807) is 4.90 Å². The van der Waals surface area contributed by atoms with E-state index >= 15 is 0 Å². The summed E-state index contributed by atoms with van der Waals surface area (Å²) >= 11 is 0. The summed E-state index contributed by atoms with van der Waals surface area (Å²) in [5.74, 6) is -0.661. The first kappa shape index (κ1) is 25.7. The number of hydrogen-bond acceptors (Lipinski definition) is 7. The van der Waals surface area contributed by atoms with E-state index < -0.39 is 21.3 Å². The average Bonchev–Trinajstić information content (AvgIpc) is 2.95. The Balaban J connectivity index is 2.71. The molecule has 1 amide bonds. The van der Waals surface area contributed by atoms with Gasteiger partial charge in [0.2, 0.25) is 0 Å². The Labute approximate surface area is 175 Å². The summed E-state index contributed by atoms with van der Waals surface area (Å²) in [6.07, 6.45) is 3.04. The summed E-state index contributed by atoms with van der Waals surface area (Å²) in [7, 11) is -3.46. The van der Waals surface area contributed by atoms with Gasteiger partial charge in [-0.3, -0.25) is 8.98 Å². The highest BCUT2D eigenvalue weighted by Gasteiger charge is 2.38. The molecule has 0 aromatic heterocycles. The highest BCUT2D eigenvalue weighted by Crippen LogP contribution is 2.31. The highest BCUT2D eigenvalue weighted by molar-refractivity contribution is 7.85. The quantitative estimate of drug-likeness (QED) is 0.327. The predicted molar refractivity (Wildman–Crippen MR) is 110 cm³/mol. The van der Waals surface area contributed by atoms with E-state index in [0.29, 0.717) is 38.8 Å². The number of amides is 1. The molecule has 0 aliphatic carbocycles. The van der Waals surface area contributed by atoms with Crippen molar-refractivity contribution in [2.75, 3.05) is 26.0 Å². The van der Waals surface area contributed by atoms with Gasteiger partial charge in [-0.25, -0.2) is 4.79 Å². The first-order chi connectivity index (χ1) is 13.1. The molecule has 9 heteroatoms. The van der Waals surface area contributed by atoms with Crippen LogP contribution in [-0.2, 0) is 28.6 Å². The first-order valence-electron chi connectivity index (χ1n) is 10.1. The Bertz CT molecular complexity index is 661. The summed E-state index contributed by atoms with van der Waals surface area (Å²) in [6, 6.07) is 0. The number of carbonyl (C=O) groups excluding carboxylic acids is 2. The van der Waals surface area contributed by atoms with Crippen LogP contribution in [0, 0.1) is 11.8 Å². The third kappa shape index (κ3) is 10.8. The number of hydrogen-bond donors (Lipinski definition) is 0. The lowest BCUT2D eigenvalue weighted by Crippen LogP contribution is -2.37. The molecule has 1 heterocycles. The minimum atomic E-state index is -3.46. The molecule has 1 saturated heterocycles. The molecule has 0 bridgehead atoms. The van der Waals surface area contributed by atoms with Gasteiger partial charge in [-0.05, 0) is 66.7 Å². The molecule has 8 nitrogen and oxygen atoms in total. The fourth-order valence-corrected chi connectivity index (χ4v) is 3.63. The third-order valence-electron chi connectivity index (χ3n) is 4.36. The van der Waals surface area contributed by atoms with Gasteiger partial charge in [0.15, 0.2) is 0 Å². The fourth-order valence-electron chi connectivity index (χ4n) is 3.21. The van der Waals surface area contributed by atoms with Gasteiger partial charge in [0.05, 0.1) is 18.8 Å². The van der Waals surface area contributed by atoms with E-state index in [9.17, 15) is 18.0 Å². The molecule has 0 N–H and O–H groups in total. The topological polar surface area (TPSA) is 99.2 Å². The molecule has 0 saturated carbocycles. The predicted octanol–water partition coefficient (Wildman–Crippen LogP) is 3.35. The molecule has 170 valence electrons. The van der Waals surface area contributed by atoms with Gasteiger partial charge >= 0.3 is 12.1 Å². The van der Waals surface area contributed by atoms with Crippen LogP contribution < -0.4 is 0 Å². The van der Waals surface area contributed by atoms with E-state index in [1.807, 2.05) is 41.5 Å². The zero-order valence-electron chi connectivity index (χ0n) is 18.8. The van der Waals surface area contributed by atoms with Crippen LogP contribution in [0.25, 0.3) is 0 Å². The Hall–Kier alpha value is -1.35. The molecular weight excluding hydrogens is 398 g/mol. The lowest BCUT2D eigenvalue weighted by Gasteiger charge is -2.28. The van der Waals surface area contributed by atoms with E-state index in [0.717, 1.165) is 6.26 Å². The number of nitrogens with zero attached hydrogens (tertiary/aromatic N) is 1. The van der Waals surface area contributed by atoms with Crippen LogP contribution in [0.15, 0.2) is 0 Å². The molecule has 0 spiro atoms. The van der Waals surface area contributed by atoms with E-state index in [-0.39, 0.29) is 30.5 Å². The maximum Gasteiger partial charge on any atom is 0.410 e. The Kier molecular flexibility index (Phi) is 8.95. The van der Waals surface area contributed by atoms with Crippen molar-refractivity contribution in [1.82, 2.24) is 4.90 Å². The van der Waals surface area contributed by atoms with Gasteiger partial charge in [0.25, 0.3) is 10.1 Å². The lowest BCUT2D eigenvalue weighted by atomic mass is 9.87. The van der Waals surface area contributed by atoms with Gasteiger partial charge in [0.1, 0.15) is 11.2 Å². The highest BCUT2D eigenvalue weighted by atomic mass is 32.2. The zero-order valence-corrected chi connectivity index (χ0v) is 19.6. The minimum absolute atomic E-state index is 0.0202. The molecule has 1 rings (SSSR count). The number of ether oxygens (including phenoxy) is 2. The van der Waals surface area contributed by atoms with Crippen molar-refractivity contribution < 1.29 is 31.7 Å². The molecule has 0 radical (unpaired) electrons. The zero-order chi connectivity index (χ0) is 22.5. The van der Waals surface area contributed by atoms with Crippen molar-refractivity contribution in [3.63, 3.8) is 0 Å². The van der Waals surface area contributed by atoms with Gasteiger partial charge in [-0.1, -0.05) is 6.42 Å². The molecule has 1 aliphatic heterocycles. The van der Waals surface area contributed by atoms with Gasteiger partial charge in [-0.15, -0.1) is 0 Å². The van der Waals surface area contributed by atoms with Crippen LogP contribution in [0.1, 0.15) is 67.2 Å². The van der Waals surface area contributed by atoms with Crippen LogP contribution >= 0.6 is 0 Å². The molecule has 0 aromatic rings. The van der Waals surface area contributed by atoms with Crippen molar-refractivity contribution in [2.45, 2.75) is 78.4 Å². The van der Waals surface area contributed by atoms with Gasteiger partial charge in [0, 0.05) is 13.1 Å². The van der Waals surface area contributed by atoms with E-state index in [2.05, 4.69) is 0 Å². The second-order valence-electron chi connectivity index (χ2n) is 9.64. The number of esters is 1. The smallest absolute Gasteiger partial charge is 0.410 e. The molecule has 0 aromatic carbocycles. The summed E-state index contributed by atoms with van der Waals surface area (Å²) in [5.41, 5.74) is -1.17. The minimum Gasteiger partial charge on any atom is -0.460 e. The van der Waals surface area contributed by atoms with E-state index in [1.165, 1.54) is 0 Å². The van der Waals surface area contributed by atoms with Crippen LogP contribution in [0.3, 0.4) is 0 Å². The van der Waals surface area contributed by atoms with Crippen LogP contribution in [0.4, 0.5) is 4.79 Å². The van der Waals surface area contributed by atoms with Crippen LogP contribution in [0.2, 0.25) is 0 Å². The number of likely N-dealkylation sites (tertiary alicyclic amines) is 1. The van der Waals surface area contributed by atoms with Crippen molar-refractivity contribution in [3.05, 3.63) is 0 Å². The number of carbonyl (C=O) groups is 2. The number of unbranched alkanes of at least 4 members (excludes halogenated alkanes) is 1. The van der Waals surface area contributed by atoms with Crippen molar-refractivity contribution >= 4 is 22.2 Å². The summed E-state index contributed by atoms with van der Waals surface area (Å²) in [6.45, 7) is 12.0. The monoisotopic (exact) mass is 435 g/mol. The van der Waals surface area contributed by atoms with Gasteiger partial charge in [-0.2, -0.15) is 8.42 Å². The standard InChI is InChI=1S/C20H37NO7S/c1-19(2,3)27-17(22)16(10-8-9-13-26-29(7,24)25)15-11-12-21(14-15)18(23)28-20(4,5)6/h15-16H,8-14H2,1-7H3/t15-,16-/m0/s1. The lowest BCUT2D eigenvalue weighted by molar-refractivity contribution is -0.162. The summed E-state index contributed by atoms with van der Waals surface area (Å²) in [4.78, 5) is 26.8. The van der Waals surface area contributed by atoms with Gasteiger partial charge < -0.3 is 14.4 Å². The molecular formula is C20H37NO7S. The maximum atomic E-state index is 12.8. The van der Waals surface area contributed by atoms with E-state index in [4.69, 9.17) is 13.7 Å². The van der Waals surface area contributed by atoms with Crippen molar-refractivity contribution in [3.8, 4) is 0 Å². The Morgan fingerprint density at radius 2 is 1.62 bits per heavy atom. The Morgan fingerprint density at radius 1 is 1.03 bits per heavy atom. The maximum absolute atomic E-state index is 12.8. The first-order valence-corrected chi connectivity index (χ1v) is 11.9.